The van der Waals surface area contributed by atoms with E-state index < -0.39 is 0 Å². The van der Waals surface area contributed by atoms with Crippen LogP contribution in [0, 0.1) is 11.3 Å². The van der Waals surface area contributed by atoms with Crippen molar-refractivity contribution in [3.63, 3.8) is 0 Å². The highest BCUT2D eigenvalue weighted by molar-refractivity contribution is 5.54. The van der Waals surface area contributed by atoms with Gasteiger partial charge >= 0.3 is 0 Å². The van der Waals surface area contributed by atoms with Crippen molar-refractivity contribution in [3.8, 4) is 23.3 Å². The second kappa shape index (κ2) is 6.86. The summed E-state index contributed by atoms with van der Waals surface area (Å²) < 4.78 is 15.9. The zero-order valence-electron chi connectivity index (χ0n) is 12.1. The van der Waals surface area contributed by atoms with Gasteiger partial charge in [0, 0.05) is 6.04 Å². The van der Waals surface area contributed by atoms with E-state index in [1.807, 2.05) is 31.1 Å². The van der Waals surface area contributed by atoms with Crippen LogP contribution in [-0.4, -0.2) is 40.3 Å². The average molecular weight is 264 g/mol. The molecule has 0 fully saturated rings. The molecule has 19 heavy (non-hydrogen) atoms. The van der Waals surface area contributed by atoms with Crippen LogP contribution in [0.25, 0.3) is 0 Å². The van der Waals surface area contributed by atoms with Gasteiger partial charge in [-0.25, -0.2) is 0 Å². The topological polar surface area (TPSA) is 54.7 Å². The van der Waals surface area contributed by atoms with Crippen molar-refractivity contribution < 1.29 is 14.2 Å². The number of hydrogen-bond donors (Lipinski definition) is 0. The number of nitriles is 1. The van der Waals surface area contributed by atoms with Gasteiger partial charge in [0.25, 0.3) is 0 Å². The zero-order chi connectivity index (χ0) is 14.4. The fraction of sp³-hybridized carbons (Fsp3) is 0.500. The maximum Gasteiger partial charge on any atom is 0.203 e. The summed E-state index contributed by atoms with van der Waals surface area (Å²) >= 11 is 0. The Labute approximate surface area is 114 Å². The second-order valence-electron chi connectivity index (χ2n) is 4.30. The van der Waals surface area contributed by atoms with Gasteiger partial charge in [0.05, 0.1) is 33.8 Å². The Morgan fingerprint density at radius 2 is 1.63 bits per heavy atom. The van der Waals surface area contributed by atoms with Crippen molar-refractivity contribution in [2.75, 3.05) is 35.4 Å². The van der Waals surface area contributed by atoms with Crippen molar-refractivity contribution in [2.45, 2.75) is 12.5 Å². The number of nitrogens with zero attached hydrogens (tertiary/aromatic N) is 2. The molecule has 0 saturated heterocycles. The molecular formula is C14H20N2O3. The Bertz CT molecular complexity index is 441. The molecule has 5 heteroatoms. The highest BCUT2D eigenvalue weighted by Gasteiger charge is 2.20. The summed E-state index contributed by atoms with van der Waals surface area (Å²) in [6.45, 7) is 0. The van der Waals surface area contributed by atoms with Crippen LogP contribution >= 0.6 is 0 Å². The number of methoxy groups -OCH3 is 3. The molecule has 0 aliphatic carbocycles. The summed E-state index contributed by atoms with van der Waals surface area (Å²) in [5.74, 6) is 1.76. The Morgan fingerprint density at radius 3 is 1.95 bits per heavy atom. The first-order valence-electron chi connectivity index (χ1n) is 5.92. The molecule has 1 aromatic carbocycles. The summed E-state index contributed by atoms with van der Waals surface area (Å²) in [6.07, 6.45) is 0.394. The molecule has 5 nitrogen and oxygen atoms in total. The SMILES string of the molecule is COc1cc(C(CC#N)N(C)C)cc(OC)c1OC. The fourth-order valence-corrected chi connectivity index (χ4v) is 1.98. The molecule has 0 aliphatic rings. The van der Waals surface area contributed by atoms with E-state index >= 15 is 0 Å². The molecule has 0 aliphatic heterocycles. The van der Waals surface area contributed by atoms with E-state index in [1.54, 1.807) is 21.3 Å². The molecule has 0 saturated carbocycles. The minimum Gasteiger partial charge on any atom is -0.493 e. The van der Waals surface area contributed by atoms with Gasteiger partial charge < -0.3 is 19.1 Å². The maximum atomic E-state index is 8.94. The van der Waals surface area contributed by atoms with Gasteiger partial charge in [-0.3, -0.25) is 0 Å². The highest BCUT2D eigenvalue weighted by Crippen LogP contribution is 2.40. The number of rotatable bonds is 6. The number of hydrogen-bond acceptors (Lipinski definition) is 5. The zero-order valence-corrected chi connectivity index (χ0v) is 12.1. The van der Waals surface area contributed by atoms with E-state index in [2.05, 4.69) is 6.07 Å². The van der Waals surface area contributed by atoms with Crippen LogP contribution in [0.1, 0.15) is 18.0 Å². The maximum absolute atomic E-state index is 8.94. The molecule has 0 radical (unpaired) electrons. The van der Waals surface area contributed by atoms with Crippen molar-refractivity contribution >= 4 is 0 Å². The van der Waals surface area contributed by atoms with E-state index in [1.165, 1.54) is 0 Å². The largest absolute Gasteiger partial charge is 0.493 e. The first-order chi connectivity index (χ1) is 9.08. The predicted molar refractivity (Wildman–Crippen MR) is 72.8 cm³/mol. The Hall–Kier alpha value is -1.93. The lowest BCUT2D eigenvalue weighted by Gasteiger charge is -2.24. The van der Waals surface area contributed by atoms with Gasteiger partial charge in [-0.1, -0.05) is 0 Å². The van der Waals surface area contributed by atoms with Gasteiger partial charge in [0.15, 0.2) is 11.5 Å². The van der Waals surface area contributed by atoms with Crippen LogP contribution in [0.15, 0.2) is 12.1 Å². The molecule has 1 atom stereocenters. The molecule has 0 N–H and O–H groups in total. The third-order valence-corrected chi connectivity index (χ3v) is 2.98. The van der Waals surface area contributed by atoms with Crippen molar-refractivity contribution in [3.05, 3.63) is 17.7 Å². The molecule has 1 unspecified atom stereocenters. The quantitative estimate of drug-likeness (QED) is 0.788. The van der Waals surface area contributed by atoms with Crippen LogP contribution in [0.5, 0.6) is 17.2 Å². The summed E-state index contributed by atoms with van der Waals surface area (Å²) in [6, 6.07) is 5.94. The molecule has 0 aromatic heterocycles. The normalized spacial score (nSPS) is 11.8. The average Bonchev–Trinajstić information content (AvgIpc) is 2.42. The molecule has 1 rings (SSSR count). The van der Waals surface area contributed by atoms with Gasteiger partial charge in [-0.2, -0.15) is 5.26 Å². The van der Waals surface area contributed by atoms with E-state index in [0.717, 1.165) is 5.56 Å². The molecule has 1 aromatic rings. The monoisotopic (exact) mass is 264 g/mol. The number of ether oxygens (including phenoxy) is 3. The van der Waals surface area contributed by atoms with Crippen LogP contribution in [-0.2, 0) is 0 Å². The van der Waals surface area contributed by atoms with Gasteiger partial charge in [-0.15, -0.1) is 0 Å². The Morgan fingerprint density at radius 1 is 1.11 bits per heavy atom. The van der Waals surface area contributed by atoms with E-state index in [-0.39, 0.29) is 6.04 Å². The standard InChI is InChI=1S/C14H20N2O3/c1-16(2)11(6-7-15)10-8-12(17-3)14(19-5)13(9-10)18-4/h8-9,11H,6H2,1-5H3. The van der Waals surface area contributed by atoms with Crippen molar-refractivity contribution in [1.29, 1.82) is 5.26 Å². The third kappa shape index (κ3) is 3.30. The fourth-order valence-electron chi connectivity index (χ4n) is 1.98. The van der Waals surface area contributed by atoms with Gasteiger partial charge in [0.1, 0.15) is 0 Å². The first kappa shape index (κ1) is 15.1. The smallest absolute Gasteiger partial charge is 0.203 e. The summed E-state index contributed by atoms with van der Waals surface area (Å²) in [5, 5.41) is 8.94. The van der Waals surface area contributed by atoms with E-state index in [4.69, 9.17) is 19.5 Å². The number of benzene rings is 1. The van der Waals surface area contributed by atoms with E-state index in [0.29, 0.717) is 23.7 Å². The molecule has 0 heterocycles. The third-order valence-electron chi connectivity index (χ3n) is 2.98. The summed E-state index contributed by atoms with van der Waals surface area (Å²) in [7, 11) is 8.60. The summed E-state index contributed by atoms with van der Waals surface area (Å²) in [4.78, 5) is 1.99. The van der Waals surface area contributed by atoms with Gasteiger partial charge in [0.2, 0.25) is 5.75 Å². The minimum atomic E-state index is -0.0151. The van der Waals surface area contributed by atoms with Crippen LogP contribution in [0.4, 0.5) is 0 Å². The molecule has 0 amide bonds. The minimum absolute atomic E-state index is 0.0151. The molecule has 104 valence electrons. The lowest BCUT2D eigenvalue weighted by Crippen LogP contribution is -2.19. The van der Waals surface area contributed by atoms with Crippen LogP contribution < -0.4 is 14.2 Å². The highest BCUT2D eigenvalue weighted by atomic mass is 16.5. The molecule has 0 bridgehead atoms. The van der Waals surface area contributed by atoms with Crippen LogP contribution in [0.2, 0.25) is 0 Å². The molecule has 0 spiro atoms. The van der Waals surface area contributed by atoms with Gasteiger partial charge in [-0.05, 0) is 31.8 Å². The van der Waals surface area contributed by atoms with Crippen molar-refractivity contribution in [2.24, 2.45) is 0 Å². The van der Waals surface area contributed by atoms with Crippen molar-refractivity contribution in [1.82, 2.24) is 4.90 Å². The van der Waals surface area contributed by atoms with Crippen LogP contribution in [0.3, 0.4) is 0 Å². The lowest BCUT2D eigenvalue weighted by atomic mass is 10.0. The second-order valence-corrected chi connectivity index (χ2v) is 4.30. The first-order valence-corrected chi connectivity index (χ1v) is 5.92. The predicted octanol–water partition coefficient (Wildman–Crippen LogP) is 2.23. The molecular weight excluding hydrogens is 244 g/mol. The van der Waals surface area contributed by atoms with E-state index in [9.17, 15) is 0 Å². The Balaban J connectivity index is 3.32. The Kier molecular flexibility index (Phi) is 5.46. The summed E-state index contributed by atoms with van der Waals surface area (Å²) in [5.41, 5.74) is 0.959. The lowest BCUT2D eigenvalue weighted by molar-refractivity contribution is 0.295.